The van der Waals surface area contributed by atoms with Crippen molar-refractivity contribution in [2.45, 2.75) is 19.4 Å². The Kier molecular flexibility index (Phi) is 3.86. The second-order valence-electron chi connectivity index (χ2n) is 5.88. The molecule has 0 unspecified atom stereocenters. The molecule has 4 heterocycles. The molecule has 0 spiro atoms. The number of furan rings is 1. The number of nitrogens with one attached hydrogen (secondary N) is 2. The molecule has 0 aromatic carbocycles. The monoisotopic (exact) mass is 326 g/mol. The van der Waals surface area contributed by atoms with Crippen LogP contribution in [0.2, 0.25) is 0 Å². The summed E-state index contributed by atoms with van der Waals surface area (Å²) in [6.07, 6.45) is 6.55. The molecule has 1 saturated heterocycles. The fourth-order valence-electron chi connectivity index (χ4n) is 3.11. The van der Waals surface area contributed by atoms with E-state index in [1.807, 2.05) is 12.1 Å². The van der Waals surface area contributed by atoms with Crippen LogP contribution in [0.4, 0.5) is 5.82 Å². The summed E-state index contributed by atoms with van der Waals surface area (Å²) < 4.78 is 5.25. The van der Waals surface area contributed by atoms with E-state index in [2.05, 4.69) is 30.2 Å². The minimum absolute atomic E-state index is 0.0472. The maximum Gasteiger partial charge on any atom is 0.225 e. The lowest BCUT2D eigenvalue weighted by molar-refractivity contribution is -0.125. The first-order valence-electron chi connectivity index (χ1n) is 8.00. The molecule has 4 rings (SSSR count). The third kappa shape index (κ3) is 2.82. The summed E-state index contributed by atoms with van der Waals surface area (Å²) in [5, 5.41) is 2.95. The number of carbonyl (C=O) groups excluding carboxylic acids is 1. The van der Waals surface area contributed by atoms with E-state index in [1.54, 1.807) is 12.6 Å². The largest absolute Gasteiger partial charge is 0.467 e. The average Bonchev–Trinajstić information content (AvgIpc) is 3.30. The second-order valence-corrected chi connectivity index (χ2v) is 5.88. The number of amides is 1. The lowest BCUT2D eigenvalue weighted by Crippen LogP contribution is -2.43. The zero-order valence-electron chi connectivity index (χ0n) is 13.1. The number of hydrogen-bond acceptors (Lipinski definition) is 6. The van der Waals surface area contributed by atoms with Crippen molar-refractivity contribution in [3.63, 3.8) is 0 Å². The number of carbonyl (C=O) groups is 1. The molecular weight excluding hydrogens is 308 g/mol. The molecule has 0 radical (unpaired) electrons. The van der Waals surface area contributed by atoms with Crippen molar-refractivity contribution in [3.05, 3.63) is 36.8 Å². The van der Waals surface area contributed by atoms with Crippen molar-refractivity contribution < 1.29 is 9.21 Å². The molecule has 1 atom stereocenters. The number of hydrogen-bond donors (Lipinski definition) is 2. The predicted molar refractivity (Wildman–Crippen MR) is 87.2 cm³/mol. The summed E-state index contributed by atoms with van der Waals surface area (Å²) in [6.45, 7) is 1.92. The highest BCUT2D eigenvalue weighted by Gasteiger charge is 2.27. The minimum atomic E-state index is -0.0679. The summed E-state index contributed by atoms with van der Waals surface area (Å²) in [7, 11) is 0. The Balaban J connectivity index is 1.45. The van der Waals surface area contributed by atoms with Crippen LogP contribution in [0.15, 0.2) is 35.5 Å². The first-order chi connectivity index (χ1) is 11.8. The van der Waals surface area contributed by atoms with Crippen LogP contribution in [-0.4, -0.2) is 38.9 Å². The number of nitrogens with zero attached hydrogens (tertiary/aromatic N) is 4. The van der Waals surface area contributed by atoms with Crippen molar-refractivity contribution >= 4 is 22.9 Å². The Morgan fingerprint density at radius 3 is 3.25 bits per heavy atom. The van der Waals surface area contributed by atoms with E-state index >= 15 is 0 Å². The second kappa shape index (κ2) is 6.31. The van der Waals surface area contributed by atoms with E-state index in [1.165, 1.54) is 6.33 Å². The highest BCUT2D eigenvalue weighted by atomic mass is 16.3. The Bertz CT molecular complexity index is 828. The van der Waals surface area contributed by atoms with E-state index in [4.69, 9.17) is 4.42 Å². The van der Waals surface area contributed by atoms with E-state index in [0.717, 1.165) is 36.5 Å². The van der Waals surface area contributed by atoms with Gasteiger partial charge in [-0.3, -0.25) is 4.79 Å². The minimum Gasteiger partial charge on any atom is -0.467 e. The number of fused-ring (bicyclic) bond motifs is 1. The van der Waals surface area contributed by atoms with Crippen LogP contribution in [0.3, 0.4) is 0 Å². The fourth-order valence-corrected chi connectivity index (χ4v) is 3.11. The number of imidazole rings is 1. The molecule has 0 saturated carbocycles. The van der Waals surface area contributed by atoms with Gasteiger partial charge in [0.25, 0.3) is 0 Å². The van der Waals surface area contributed by atoms with Crippen LogP contribution in [0.1, 0.15) is 18.6 Å². The van der Waals surface area contributed by atoms with Gasteiger partial charge in [0.1, 0.15) is 17.6 Å². The number of anilines is 1. The Morgan fingerprint density at radius 1 is 1.42 bits per heavy atom. The molecule has 1 aliphatic heterocycles. The molecule has 124 valence electrons. The van der Waals surface area contributed by atoms with Crippen LogP contribution >= 0.6 is 0 Å². The predicted octanol–water partition coefficient (Wildman–Crippen LogP) is 1.48. The molecule has 1 fully saturated rings. The number of aromatic amines is 1. The Labute approximate surface area is 138 Å². The van der Waals surface area contributed by atoms with Gasteiger partial charge >= 0.3 is 0 Å². The quantitative estimate of drug-likeness (QED) is 0.753. The highest BCUT2D eigenvalue weighted by Crippen LogP contribution is 2.25. The molecule has 0 bridgehead atoms. The molecule has 24 heavy (non-hydrogen) atoms. The summed E-state index contributed by atoms with van der Waals surface area (Å²) in [5.74, 6) is 1.54. The van der Waals surface area contributed by atoms with Gasteiger partial charge in [-0.15, -0.1) is 0 Å². The number of aromatic nitrogens is 4. The van der Waals surface area contributed by atoms with Gasteiger partial charge < -0.3 is 19.6 Å². The van der Waals surface area contributed by atoms with Crippen LogP contribution < -0.4 is 10.2 Å². The van der Waals surface area contributed by atoms with Gasteiger partial charge in [0.15, 0.2) is 11.5 Å². The van der Waals surface area contributed by atoms with E-state index < -0.39 is 0 Å². The maximum atomic E-state index is 12.5. The topological polar surface area (TPSA) is 99.9 Å². The third-order valence-corrected chi connectivity index (χ3v) is 4.31. The van der Waals surface area contributed by atoms with E-state index in [0.29, 0.717) is 18.7 Å². The van der Waals surface area contributed by atoms with Gasteiger partial charge in [-0.1, -0.05) is 0 Å². The van der Waals surface area contributed by atoms with Crippen molar-refractivity contribution in [2.24, 2.45) is 5.92 Å². The van der Waals surface area contributed by atoms with Gasteiger partial charge in [-0.2, -0.15) is 0 Å². The molecule has 3 aromatic rings. The van der Waals surface area contributed by atoms with Crippen molar-refractivity contribution in [3.8, 4) is 0 Å². The maximum absolute atomic E-state index is 12.5. The van der Waals surface area contributed by atoms with E-state index in [9.17, 15) is 4.79 Å². The molecular formula is C16H18N6O2. The van der Waals surface area contributed by atoms with Crippen LogP contribution in [0, 0.1) is 5.92 Å². The van der Waals surface area contributed by atoms with Gasteiger partial charge in [0.2, 0.25) is 5.91 Å². The number of H-pyrrole nitrogens is 1. The van der Waals surface area contributed by atoms with Crippen molar-refractivity contribution in [1.82, 2.24) is 25.3 Å². The molecule has 0 aliphatic carbocycles. The molecule has 2 N–H and O–H groups in total. The van der Waals surface area contributed by atoms with Gasteiger partial charge in [-0.25, -0.2) is 15.0 Å². The third-order valence-electron chi connectivity index (χ3n) is 4.31. The number of rotatable bonds is 4. The summed E-state index contributed by atoms with van der Waals surface area (Å²) in [6, 6.07) is 3.66. The molecule has 3 aromatic heterocycles. The molecule has 1 amide bonds. The van der Waals surface area contributed by atoms with Crippen molar-refractivity contribution in [1.29, 1.82) is 0 Å². The van der Waals surface area contributed by atoms with Crippen LogP contribution in [0.25, 0.3) is 11.2 Å². The summed E-state index contributed by atoms with van der Waals surface area (Å²) in [4.78, 5) is 30.3. The van der Waals surface area contributed by atoms with Crippen LogP contribution in [0.5, 0.6) is 0 Å². The normalized spacial score (nSPS) is 18.0. The van der Waals surface area contributed by atoms with Gasteiger partial charge in [0.05, 0.1) is 25.1 Å². The first-order valence-corrected chi connectivity index (χ1v) is 8.00. The molecule has 8 heteroatoms. The van der Waals surface area contributed by atoms with Crippen molar-refractivity contribution in [2.75, 3.05) is 18.0 Å². The first kappa shape index (κ1) is 14.7. The zero-order valence-corrected chi connectivity index (χ0v) is 13.1. The Morgan fingerprint density at radius 2 is 2.38 bits per heavy atom. The SMILES string of the molecule is O=C(NCc1ccco1)[C@H]1CCCN(c2ncnc3nc[nH]c23)C1. The lowest BCUT2D eigenvalue weighted by atomic mass is 9.97. The van der Waals surface area contributed by atoms with Crippen LogP contribution in [-0.2, 0) is 11.3 Å². The Hall–Kier alpha value is -2.90. The van der Waals surface area contributed by atoms with E-state index in [-0.39, 0.29) is 11.8 Å². The number of piperidine rings is 1. The smallest absolute Gasteiger partial charge is 0.225 e. The summed E-state index contributed by atoms with van der Waals surface area (Å²) in [5.41, 5.74) is 1.46. The lowest BCUT2D eigenvalue weighted by Gasteiger charge is -2.32. The standard InChI is InChI=1S/C16H18N6O2/c23-16(17-7-12-4-2-6-24-12)11-3-1-5-22(8-11)15-13-14(19-9-18-13)20-10-21-15/h2,4,6,9-11H,1,3,5,7-8H2,(H,17,23)(H,18,19,20,21)/t11-/m0/s1. The fraction of sp³-hybridized carbons (Fsp3) is 0.375. The summed E-state index contributed by atoms with van der Waals surface area (Å²) >= 11 is 0. The average molecular weight is 326 g/mol. The highest BCUT2D eigenvalue weighted by molar-refractivity contribution is 5.84. The van der Waals surface area contributed by atoms with Gasteiger partial charge in [-0.05, 0) is 25.0 Å². The molecule has 1 aliphatic rings. The zero-order chi connectivity index (χ0) is 16.4. The molecule has 8 nitrogen and oxygen atoms in total. The van der Waals surface area contributed by atoms with Gasteiger partial charge in [0, 0.05) is 13.1 Å².